The Hall–Kier alpha value is -4.93. The standard InChI is InChI=1S/C32H35N5O6/c1-2-41-26-11-7-6-10-25(26)34-31(40)35-16-14-32(15-17-35)30(39)36(21-37(32)24-8-4-3-5-9-24)20-29(38)33-19-23-12-13-27-28(18-23)43-22-42-27/h3-13,18H,2,14-17,19-22H2,1H3,(H,33,38)(H,34,40). The van der Waals surface area contributed by atoms with Crippen LogP contribution in [0.1, 0.15) is 25.3 Å². The topological polar surface area (TPSA) is 113 Å². The predicted octanol–water partition coefficient (Wildman–Crippen LogP) is 3.80. The number of likely N-dealkylation sites (tertiary alicyclic amines) is 1. The van der Waals surface area contributed by atoms with Crippen LogP contribution in [0.3, 0.4) is 0 Å². The van der Waals surface area contributed by atoms with E-state index in [2.05, 4.69) is 15.5 Å². The first-order valence-corrected chi connectivity index (χ1v) is 14.5. The maximum absolute atomic E-state index is 14.0. The smallest absolute Gasteiger partial charge is 0.321 e. The molecule has 6 rings (SSSR count). The van der Waals surface area contributed by atoms with Crippen LogP contribution >= 0.6 is 0 Å². The number of carbonyl (C=O) groups excluding carboxylic acids is 3. The van der Waals surface area contributed by atoms with E-state index in [1.54, 1.807) is 15.9 Å². The third kappa shape index (κ3) is 5.75. The molecule has 2 N–H and O–H groups in total. The Labute approximate surface area is 250 Å². The normalized spacial score (nSPS) is 16.9. The summed E-state index contributed by atoms with van der Waals surface area (Å²) in [6.07, 6.45) is 0.882. The van der Waals surface area contributed by atoms with Crippen molar-refractivity contribution in [1.29, 1.82) is 0 Å². The van der Waals surface area contributed by atoms with Gasteiger partial charge in [0.25, 0.3) is 5.91 Å². The fraction of sp³-hybridized carbons (Fsp3) is 0.344. The average Bonchev–Trinajstić information content (AvgIpc) is 3.60. The van der Waals surface area contributed by atoms with Crippen LogP contribution in [0.25, 0.3) is 0 Å². The quantitative estimate of drug-likeness (QED) is 0.414. The highest BCUT2D eigenvalue weighted by atomic mass is 16.7. The van der Waals surface area contributed by atoms with Gasteiger partial charge in [-0.05, 0) is 61.7 Å². The molecular formula is C32H35N5O6. The fourth-order valence-corrected chi connectivity index (χ4v) is 5.93. The molecule has 11 heteroatoms. The van der Waals surface area contributed by atoms with Crippen molar-refractivity contribution in [2.75, 3.05) is 49.9 Å². The molecule has 0 radical (unpaired) electrons. The van der Waals surface area contributed by atoms with Crippen molar-refractivity contribution in [3.63, 3.8) is 0 Å². The minimum atomic E-state index is -0.848. The highest BCUT2D eigenvalue weighted by Crippen LogP contribution is 2.40. The Kier molecular flexibility index (Phi) is 7.95. The zero-order chi connectivity index (χ0) is 29.8. The molecule has 2 saturated heterocycles. The van der Waals surface area contributed by atoms with Crippen LogP contribution in [-0.2, 0) is 16.1 Å². The van der Waals surface area contributed by atoms with Gasteiger partial charge in [-0.25, -0.2) is 4.79 Å². The highest BCUT2D eigenvalue weighted by molar-refractivity contribution is 5.97. The van der Waals surface area contributed by atoms with Gasteiger partial charge in [-0.3, -0.25) is 9.59 Å². The number of nitrogens with one attached hydrogen (secondary N) is 2. The molecule has 1 spiro atoms. The number of fused-ring (bicyclic) bond motifs is 1. The van der Waals surface area contributed by atoms with Gasteiger partial charge in [0.2, 0.25) is 12.7 Å². The predicted molar refractivity (Wildman–Crippen MR) is 160 cm³/mol. The first-order chi connectivity index (χ1) is 21.0. The van der Waals surface area contributed by atoms with Crippen molar-refractivity contribution >= 4 is 29.2 Å². The van der Waals surface area contributed by atoms with Crippen LogP contribution < -0.4 is 29.7 Å². The number of carbonyl (C=O) groups is 3. The molecule has 0 atom stereocenters. The summed E-state index contributed by atoms with van der Waals surface area (Å²) < 4.78 is 16.4. The van der Waals surface area contributed by atoms with E-state index in [-0.39, 0.29) is 37.9 Å². The molecule has 2 fully saturated rings. The van der Waals surface area contributed by atoms with Gasteiger partial charge < -0.3 is 39.5 Å². The summed E-state index contributed by atoms with van der Waals surface area (Å²) in [5.74, 6) is 1.60. The first kappa shape index (κ1) is 28.2. The van der Waals surface area contributed by atoms with Crippen molar-refractivity contribution in [3.05, 3.63) is 78.4 Å². The zero-order valence-electron chi connectivity index (χ0n) is 24.1. The molecule has 0 saturated carbocycles. The summed E-state index contributed by atoms with van der Waals surface area (Å²) in [4.78, 5) is 45.7. The van der Waals surface area contributed by atoms with Gasteiger partial charge in [-0.15, -0.1) is 0 Å². The molecule has 0 bridgehead atoms. The molecule has 3 aliphatic rings. The average molecular weight is 586 g/mol. The van der Waals surface area contributed by atoms with E-state index in [1.807, 2.05) is 73.7 Å². The van der Waals surface area contributed by atoms with Crippen LogP contribution in [0.4, 0.5) is 16.2 Å². The van der Waals surface area contributed by atoms with Gasteiger partial charge in [0.1, 0.15) is 17.8 Å². The lowest BCUT2D eigenvalue weighted by molar-refractivity contribution is -0.137. The van der Waals surface area contributed by atoms with E-state index in [0.717, 1.165) is 11.3 Å². The van der Waals surface area contributed by atoms with Crippen LogP contribution in [0.15, 0.2) is 72.8 Å². The molecule has 3 aromatic carbocycles. The fourth-order valence-electron chi connectivity index (χ4n) is 5.93. The number of ether oxygens (including phenoxy) is 3. The molecule has 0 aliphatic carbocycles. The molecule has 3 heterocycles. The number of anilines is 2. The minimum absolute atomic E-state index is 0.0626. The Morgan fingerprint density at radius 2 is 1.70 bits per heavy atom. The van der Waals surface area contributed by atoms with E-state index in [4.69, 9.17) is 14.2 Å². The first-order valence-electron chi connectivity index (χ1n) is 14.5. The summed E-state index contributed by atoms with van der Waals surface area (Å²) in [6, 6.07) is 22.4. The summed E-state index contributed by atoms with van der Waals surface area (Å²) in [5.41, 5.74) is 1.54. The van der Waals surface area contributed by atoms with E-state index in [9.17, 15) is 14.4 Å². The summed E-state index contributed by atoms with van der Waals surface area (Å²) in [5, 5.41) is 5.88. The molecule has 224 valence electrons. The second kappa shape index (κ2) is 12.1. The molecule has 4 amide bonds. The van der Waals surface area contributed by atoms with Gasteiger partial charge in [-0.2, -0.15) is 0 Å². The minimum Gasteiger partial charge on any atom is -0.492 e. The highest BCUT2D eigenvalue weighted by Gasteiger charge is 2.54. The molecular weight excluding hydrogens is 550 g/mol. The number of para-hydroxylation sites is 3. The van der Waals surface area contributed by atoms with Crippen molar-refractivity contribution in [2.24, 2.45) is 0 Å². The number of piperidine rings is 1. The number of urea groups is 1. The van der Waals surface area contributed by atoms with Crippen LogP contribution in [-0.4, -0.2) is 72.9 Å². The number of amides is 4. The number of hydrogen-bond acceptors (Lipinski definition) is 7. The lowest BCUT2D eigenvalue weighted by Gasteiger charge is -2.43. The van der Waals surface area contributed by atoms with Gasteiger partial charge in [-0.1, -0.05) is 36.4 Å². The Balaban J connectivity index is 1.12. The lowest BCUT2D eigenvalue weighted by atomic mass is 9.85. The van der Waals surface area contributed by atoms with Crippen molar-refractivity contribution < 1.29 is 28.6 Å². The molecule has 3 aromatic rings. The van der Waals surface area contributed by atoms with Crippen molar-refractivity contribution in [2.45, 2.75) is 31.8 Å². The van der Waals surface area contributed by atoms with E-state index >= 15 is 0 Å². The molecule has 0 unspecified atom stereocenters. The van der Waals surface area contributed by atoms with Crippen molar-refractivity contribution in [1.82, 2.24) is 15.1 Å². The van der Waals surface area contributed by atoms with Crippen LogP contribution in [0, 0.1) is 0 Å². The SMILES string of the molecule is CCOc1ccccc1NC(=O)N1CCC2(CC1)C(=O)N(CC(=O)NCc1ccc3c(c1)OCO3)CN2c1ccccc1. The number of hydrogen-bond donors (Lipinski definition) is 2. The maximum atomic E-state index is 14.0. The second-order valence-electron chi connectivity index (χ2n) is 10.8. The summed E-state index contributed by atoms with van der Waals surface area (Å²) in [7, 11) is 0. The molecule has 43 heavy (non-hydrogen) atoms. The summed E-state index contributed by atoms with van der Waals surface area (Å²) in [6.45, 7) is 3.88. The van der Waals surface area contributed by atoms with E-state index in [0.29, 0.717) is 62.0 Å². The Morgan fingerprint density at radius 1 is 0.953 bits per heavy atom. The van der Waals surface area contributed by atoms with Gasteiger partial charge in [0.15, 0.2) is 11.5 Å². The second-order valence-corrected chi connectivity index (χ2v) is 10.8. The van der Waals surface area contributed by atoms with E-state index in [1.165, 1.54) is 0 Å². The number of rotatable bonds is 8. The van der Waals surface area contributed by atoms with Gasteiger partial charge in [0.05, 0.1) is 19.0 Å². The number of benzene rings is 3. The third-order valence-electron chi connectivity index (χ3n) is 8.15. The van der Waals surface area contributed by atoms with Crippen LogP contribution in [0.5, 0.6) is 17.2 Å². The lowest BCUT2D eigenvalue weighted by Crippen LogP contribution is -2.58. The van der Waals surface area contributed by atoms with Gasteiger partial charge in [0, 0.05) is 25.3 Å². The van der Waals surface area contributed by atoms with Crippen LogP contribution in [0.2, 0.25) is 0 Å². The van der Waals surface area contributed by atoms with Crippen molar-refractivity contribution in [3.8, 4) is 17.2 Å². The molecule has 3 aliphatic heterocycles. The molecule has 0 aromatic heterocycles. The zero-order valence-corrected chi connectivity index (χ0v) is 24.1. The van der Waals surface area contributed by atoms with Gasteiger partial charge >= 0.3 is 6.03 Å². The largest absolute Gasteiger partial charge is 0.492 e. The third-order valence-corrected chi connectivity index (χ3v) is 8.15. The number of nitrogens with zero attached hydrogens (tertiary/aromatic N) is 3. The molecule has 11 nitrogen and oxygen atoms in total. The van der Waals surface area contributed by atoms with E-state index < -0.39 is 5.54 Å². The summed E-state index contributed by atoms with van der Waals surface area (Å²) >= 11 is 0. The monoisotopic (exact) mass is 585 g/mol. The Morgan fingerprint density at radius 3 is 2.49 bits per heavy atom. The Bertz CT molecular complexity index is 1490. The maximum Gasteiger partial charge on any atom is 0.321 e.